The Morgan fingerprint density at radius 3 is 2.31 bits per heavy atom. The van der Waals surface area contributed by atoms with Gasteiger partial charge in [-0.3, -0.25) is 4.79 Å². The normalized spacial score (nSPS) is 15.5. The fourth-order valence-electron chi connectivity index (χ4n) is 3.48. The predicted octanol–water partition coefficient (Wildman–Crippen LogP) is 4.19. The Morgan fingerprint density at radius 1 is 1.17 bits per heavy atom. The van der Waals surface area contributed by atoms with Crippen LogP contribution in [0.15, 0.2) is 18.2 Å². The van der Waals surface area contributed by atoms with Gasteiger partial charge in [0.2, 0.25) is 5.91 Å². The Bertz CT molecular complexity index is 786. The predicted molar refractivity (Wildman–Crippen MR) is 118 cm³/mol. The monoisotopic (exact) mass is 424 g/mol. The highest BCUT2D eigenvalue weighted by molar-refractivity contribution is 7.87. The lowest BCUT2D eigenvalue weighted by atomic mass is 9.84. The van der Waals surface area contributed by atoms with Crippen LogP contribution in [0.4, 0.5) is 5.69 Å². The third-order valence-corrected chi connectivity index (χ3v) is 7.09. The van der Waals surface area contributed by atoms with E-state index in [1.807, 2.05) is 24.0 Å². The maximum atomic E-state index is 13.0. The molecule has 0 aromatic heterocycles. The number of hydrogen-bond donors (Lipinski definition) is 0. The van der Waals surface area contributed by atoms with Gasteiger partial charge in [-0.2, -0.15) is 8.42 Å². The molecule has 6 nitrogen and oxygen atoms in total. The largest absolute Gasteiger partial charge is 0.382 e. The van der Waals surface area contributed by atoms with Crippen molar-refractivity contribution in [2.75, 3.05) is 23.7 Å². The second kappa shape index (κ2) is 10.3. The zero-order chi connectivity index (χ0) is 21.6. The fourth-order valence-corrected chi connectivity index (χ4v) is 4.02. The molecule has 1 aliphatic rings. The summed E-state index contributed by atoms with van der Waals surface area (Å²) in [7, 11) is -3.66. The van der Waals surface area contributed by atoms with Gasteiger partial charge in [0.25, 0.3) is 0 Å². The Morgan fingerprint density at radius 2 is 1.83 bits per heavy atom. The van der Waals surface area contributed by atoms with Crippen LogP contribution in [0.2, 0.25) is 0 Å². The second-order valence-electron chi connectivity index (χ2n) is 7.75. The van der Waals surface area contributed by atoms with Crippen LogP contribution >= 0.6 is 0 Å². The molecule has 0 saturated heterocycles. The summed E-state index contributed by atoms with van der Waals surface area (Å²) in [4.78, 5) is 17.0. The lowest BCUT2D eigenvalue weighted by Crippen LogP contribution is -2.43. The SMILES string of the molecule is CC[C@@H](C)N(Cc1ccc(N(CC)CC)cc1OS(=O)(=O)CC)C(=O)C1CCC1. The van der Waals surface area contributed by atoms with Gasteiger partial charge in [-0.1, -0.05) is 19.4 Å². The zero-order valence-corrected chi connectivity index (χ0v) is 19.3. The summed E-state index contributed by atoms with van der Waals surface area (Å²) < 4.78 is 29.9. The number of benzene rings is 1. The molecule has 1 aromatic carbocycles. The van der Waals surface area contributed by atoms with Gasteiger partial charge in [0.15, 0.2) is 0 Å². The molecule has 1 aromatic rings. The third kappa shape index (κ3) is 5.87. The molecule has 0 unspecified atom stereocenters. The van der Waals surface area contributed by atoms with Crippen molar-refractivity contribution in [3.63, 3.8) is 0 Å². The van der Waals surface area contributed by atoms with Gasteiger partial charge in [-0.25, -0.2) is 0 Å². The van der Waals surface area contributed by atoms with Crippen molar-refractivity contribution in [1.82, 2.24) is 4.90 Å². The van der Waals surface area contributed by atoms with Crippen LogP contribution in [0.1, 0.15) is 65.9 Å². The summed E-state index contributed by atoms with van der Waals surface area (Å²) in [5.41, 5.74) is 1.64. The molecule has 1 amide bonds. The van der Waals surface area contributed by atoms with Crippen LogP contribution in [0.5, 0.6) is 5.75 Å². The standard InChI is InChI=1S/C22H36N2O4S/c1-6-17(5)24(22(25)18-11-10-12-18)16-19-13-14-20(23(7-2)8-3)15-21(19)28-29(26,27)9-4/h13-15,17-18H,6-12,16H2,1-5H3/t17-/m1/s1. The Hall–Kier alpha value is -1.76. The van der Waals surface area contributed by atoms with Gasteiger partial charge < -0.3 is 14.0 Å². The first-order chi connectivity index (χ1) is 13.8. The quantitative estimate of drug-likeness (QED) is 0.498. The van der Waals surface area contributed by atoms with Crippen LogP contribution in [0, 0.1) is 5.92 Å². The number of hydrogen-bond acceptors (Lipinski definition) is 5. The third-order valence-electron chi connectivity index (χ3n) is 5.95. The van der Waals surface area contributed by atoms with Gasteiger partial charge in [-0.15, -0.1) is 0 Å². The average Bonchev–Trinajstić information content (AvgIpc) is 2.66. The van der Waals surface area contributed by atoms with Crippen molar-refractivity contribution in [2.24, 2.45) is 5.92 Å². The first-order valence-electron chi connectivity index (χ1n) is 10.9. The highest BCUT2D eigenvalue weighted by Crippen LogP contribution is 2.33. The summed E-state index contributed by atoms with van der Waals surface area (Å²) in [5, 5.41) is 0. The molecule has 1 fully saturated rings. The van der Waals surface area contributed by atoms with Crippen molar-refractivity contribution in [2.45, 2.75) is 72.9 Å². The molecular formula is C22H36N2O4S. The van der Waals surface area contributed by atoms with E-state index in [4.69, 9.17) is 4.18 Å². The Balaban J connectivity index is 2.40. The van der Waals surface area contributed by atoms with E-state index in [2.05, 4.69) is 25.7 Å². The molecule has 0 bridgehead atoms. The van der Waals surface area contributed by atoms with Crippen LogP contribution < -0.4 is 9.08 Å². The maximum absolute atomic E-state index is 13.0. The first kappa shape index (κ1) is 23.5. The van der Waals surface area contributed by atoms with Crippen LogP contribution in [0.3, 0.4) is 0 Å². The van der Waals surface area contributed by atoms with Gasteiger partial charge in [0, 0.05) is 48.9 Å². The second-order valence-corrected chi connectivity index (χ2v) is 9.60. The summed E-state index contributed by atoms with van der Waals surface area (Å²) in [5.74, 6) is 0.495. The minimum absolute atomic E-state index is 0.0844. The minimum atomic E-state index is -3.66. The summed E-state index contributed by atoms with van der Waals surface area (Å²) in [6.07, 6.45) is 3.84. The van der Waals surface area contributed by atoms with Gasteiger partial charge in [0.1, 0.15) is 5.75 Å². The molecule has 1 atom stereocenters. The molecule has 0 heterocycles. The van der Waals surface area contributed by atoms with Crippen molar-refractivity contribution in [3.05, 3.63) is 23.8 Å². The summed E-state index contributed by atoms with van der Waals surface area (Å²) in [6.45, 7) is 11.8. The Labute approximate surface area is 176 Å². The highest BCUT2D eigenvalue weighted by atomic mass is 32.2. The van der Waals surface area contributed by atoms with E-state index >= 15 is 0 Å². The lowest BCUT2D eigenvalue weighted by molar-refractivity contribution is -0.141. The topological polar surface area (TPSA) is 66.9 Å². The van der Waals surface area contributed by atoms with E-state index in [0.717, 1.165) is 50.0 Å². The molecule has 29 heavy (non-hydrogen) atoms. The molecule has 0 radical (unpaired) electrons. The smallest absolute Gasteiger partial charge is 0.308 e. The molecule has 1 aliphatic carbocycles. The van der Waals surface area contributed by atoms with E-state index < -0.39 is 10.1 Å². The number of carbonyl (C=O) groups is 1. The Kier molecular flexibility index (Phi) is 8.37. The lowest BCUT2D eigenvalue weighted by Gasteiger charge is -2.35. The van der Waals surface area contributed by atoms with Crippen LogP contribution in [-0.4, -0.2) is 44.1 Å². The number of nitrogens with zero attached hydrogens (tertiary/aromatic N) is 2. The minimum Gasteiger partial charge on any atom is -0.382 e. The summed E-state index contributed by atoms with van der Waals surface area (Å²) >= 11 is 0. The van der Waals surface area contributed by atoms with E-state index in [0.29, 0.717) is 12.3 Å². The van der Waals surface area contributed by atoms with Gasteiger partial charge in [-0.05, 0) is 53.0 Å². The van der Waals surface area contributed by atoms with E-state index in [1.54, 1.807) is 13.0 Å². The van der Waals surface area contributed by atoms with Crippen molar-refractivity contribution in [1.29, 1.82) is 0 Å². The van der Waals surface area contributed by atoms with E-state index in [9.17, 15) is 13.2 Å². The molecular weight excluding hydrogens is 388 g/mol. The maximum Gasteiger partial charge on any atom is 0.308 e. The van der Waals surface area contributed by atoms with E-state index in [1.165, 1.54) is 0 Å². The molecule has 7 heteroatoms. The molecule has 2 rings (SSSR count). The van der Waals surface area contributed by atoms with Crippen LogP contribution in [-0.2, 0) is 21.5 Å². The summed E-state index contributed by atoms with van der Waals surface area (Å²) in [6, 6.07) is 5.76. The van der Waals surface area contributed by atoms with Crippen molar-refractivity contribution >= 4 is 21.7 Å². The van der Waals surface area contributed by atoms with E-state index in [-0.39, 0.29) is 23.6 Å². The van der Waals surface area contributed by atoms with Crippen molar-refractivity contribution in [3.8, 4) is 5.75 Å². The van der Waals surface area contributed by atoms with Gasteiger partial charge >= 0.3 is 10.1 Å². The highest BCUT2D eigenvalue weighted by Gasteiger charge is 2.32. The number of rotatable bonds is 11. The molecule has 0 aliphatic heterocycles. The molecule has 1 saturated carbocycles. The first-order valence-corrected chi connectivity index (χ1v) is 12.4. The number of amides is 1. The number of anilines is 1. The van der Waals surface area contributed by atoms with Crippen LogP contribution in [0.25, 0.3) is 0 Å². The molecule has 0 spiro atoms. The average molecular weight is 425 g/mol. The van der Waals surface area contributed by atoms with Gasteiger partial charge in [0.05, 0.1) is 5.75 Å². The molecule has 164 valence electrons. The fraction of sp³-hybridized carbons (Fsp3) is 0.682. The molecule has 0 N–H and O–H groups in total. The van der Waals surface area contributed by atoms with Crippen molar-refractivity contribution < 1.29 is 17.4 Å². The number of carbonyl (C=O) groups excluding carboxylic acids is 1. The zero-order valence-electron chi connectivity index (χ0n) is 18.5.